The second-order valence-corrected chi connectivity index (χ2v) is 4.13. The number of nitrogens with two attached hydrogens (primary N) is 1. The summed E-state index contributed by atoms with van der Waals surface area (Å²) in [5, 5.41) is 11.3. The van der Waals surface area contributed by atoms with Gasteiger partial charge in [0.1, 0.15) is 6.04 Å². The highest BCUT2D eigenvalue weighted by atomic mass is 35.5. The number of carboxylic acid groups (broad SMARTS) is 1. The molecule has 0 bridgehead atoms. The third-order valence-electron chi connectivity index (χ3n) is 2.30. The molecule has 1 heterocycles. The summed E-state index contributed by atoms with van der Waals surface area (Å²) < 4.78 is 0. The van der Waals surface area contributed by atoms with Crippen LogP contribution in [0.2, 0.25) is 5.02 Å². The number of amides is 2. The first-order valence-electron chi connectivity index (χ1n) is 5.33. The van der Waals surface area contributed by atoms with E-state index in [4.69, 9.17) is 22.4 Å². The maximum Gasteiger partial charge on any atom is 0.326 e. The summed E-state index contributed by atoms with van der Waals surface area (Å²) in [5.74, 6) is -2.54. The Morgan fingerprint density at radius 2 is 2.16 bits per heavy atom. The number of carboxylic acids is 1. The molecule has 1 unspecified atom stereocenters. The summed E-state index contributed by atoms with van der Waals surface area (Å²) in [6.45, 7) is 0. The minimum Gasteiger partial charge on any atom is -0.480 e. The van der Waals surface area contributed by atoms with Crippen molar-refractivity contribution in [1.29, 1.82) is 0 Å². The van der Waals surface area contributed by atoms with Crippen LogP contribution in [0, 0.1) is 0 Å². The second-order valence-electron chi connectivity index (χ2n) is 3.72. The fourth-order valence-electron chi connectivity index (χ4n) is 1.34. The molecule has 4 N–H and O–H groups in total. The van der Waals surface area contributed by atoms with Gasteiger partial charge in [-0.25, -0.2) is 4.79 Å². The number of hydrogen-bond donors (Lipinski definition) is 3. The fraction of sp³-hybridized carbons (Fsp3) is 0.273. The summed E-state index contributed by atoms with van der Waals surface area (Å²) in [5.41, 5.74) is 5.05. The van der Waals surface area contributed by atoms with E-state index in [2.05, 4.69) is 10.3 Å². The Morgan fingerprint density at radius 1 is 1.47 bits per heavy atom. The SMILES string of the molecule is NC(=O)CCC(NC(=O)c1ccncc1Cl)C(=O)O. The van der Waals surface area contributed by atoms with Crippen molar-refractivity contribution in [2.75, 3.05) is 0 Å². The number of nitrogens with one attached hydrogen (secondary N) is 1. The van der Waals surface area contributed by atoms with Crippen LogP contribution in [-0.2, 0) is 9.59 Å². The molecule has 7 nitrogen and oxygen atoms in total. The van der Waals surface area contributed by atoms with Gasteiger partial charge in [0.05, 0.1) is 10.6 Å². The zero-order valence-corrected chi connectivity index (χ0v) is 10.6. The molecule has 102 valence electrons. The lowest BCUT2D eigenvalue weighted by molar-refractivity contribution is -0.139. The molecule has 0 aromatic carbocycles. The van der Waals surface area contributed by atoms with Gasteiger partial charge in [0, 0.05) is 18.8 Å². The molecule has 0 saturated carbocycles. The first kappa shape index (κ1) is 14.9. The highest BCUT2D eigenvalue weighted by Gasteiger charge is 2.22. The molecule has 0 aliphatic rings. The summed E-state index contributed by atoms with van der Waals surface area (Å²) >= 11 is 5.76. The zero-order chi connectivity index (χ0) is 14.4. The quantitative estimate of drug-likeness (QED) is 0.688. The van der Waals surface area contributed by atoms with E-state index in [1.54, 1.807) is 0 Å². The van der Waals surface area contributed by atoms with Gasteiger partial charge in [-0.1, -0.05) is 11.6 Å². The van der Waals surface area contributed by atoms with Crippen LogP contribution < -0.4 is 11.1 Å². The first-order chi connectivity index (χ1) is 8.91. The largest absolute Gasteiger partial charge is 0.480 e. The number of aromatic nitrogens is 1. The lowest BCUT2D eigenvalue weighted by atomic mass is 10.1. The van der Waals surface area contributed by atoms with Crippen molar-refractivity contribution in [2.45, 2.75) is 18.9 Å². The number of aliphatic carboxylic acids is 1. The van der Waals surface area contributed by atoms with Crippen molar-refractivity contribution in [3.05, 3.63) is 29.0 Å². The van der Waals surface area contributed by atoms with E-state index >= 15 is 0 Å². The molecule has 8 heteroatoms. The minimum atomic E-state index is -1.25. The molecule has 19 heavy (non-hydrogen) atoms. The van der Waals surface area contributed by atoms with Crippen LogP contribution in [0.1, 0.15) is 23.2 Å². The van der Waals surface area contributed by atoms with Crippen LogP contribution in [0.4, 0.5) is 0 Å². The molecular formula is C11H12ClN3O4. The molecule has 0 saturated heterocycles. The Morgan fingerprint density at radius 3 is 2.68 bits per heavy atom. The molecule has 0 aliphatic carbocycles. The Hall–Kier alpha value is -2.15. The standard InChI is InChI=1S/C11H12ClN3O4/c12-7-5-14-4-3-6(7)10(17)15-8(11(18)19)1-2-9(13)16/h3-5,8H,1-2H2,(H2,13,16)(H,15,17)(H,18,19). The number of nitrogens with zero attached hydrogens (tertiary/aromatic N) is 1. The van der Waals surface area contributed by atoms with Crippen molar-refractivity contribution in [3.8, 4) is 0 Å². The Labute approximate surface area is 113 Å². The highest BCUT2D eigenvalue weighted by molar-refractivity contribution is 6.33. The molecule has 1 atom stereocenters. The molecule has 0 fully saturated rings. The van der Waals surface area contributed by atoms with Gasteiger partial charge in [0.25, 0.3) is 5.91 Å². The molecule has 0 spiro atoms. The van der Waals surface area contributed by atoms with E-state index in [-0.39, 0.29) is 23.4 Å². The third-order valence-corrected chi connectivity index (χ3v) is 2.60. The average Bonchev–Trinajstić information content (AvgIpc) is 2.34. The second kappa shape index (κ2) is 6.69. The number of hydrogen-bond acceptors (Lipinski definition) is 4. The van der Waals surface area contributed by atoms with Crippen molar-refractivity contribution in [1.82, 2.24) is 10.3 Å². The number of pyridine rings is 1. The molecule has 1 aromatic heterocycles. The van der Waals surface area contributed by atoms with Crippen LogP contribution in [0.25, 0.3) is 0 Å². The molecular weight excluding hydrogens is 274 g/mol. The van der Waals surface area contributed by atoms with Crippen molar-refractivity contribution < 1.29 is 19.5 Å². The summed E-state index contributed by atoms with van der Waals surface area (Å²) in [7, 11) is 0. The van der Waals surface area contributed by atoms with Gasteiger partial charge in [0.15, 0.2) is 0 Å². The van der Waals surface area contributed by atoms with Crippen LogP contribution in [0.15, 0.2) is 18.5 Å². The van der Waals surface area contributed by atoms with Gasteiger partial charge in [-0.15, -0.1) is 0 Å². The Kier molecular flexibility index (Phi) is 5.25. The van der Waals surface area contributed by atoms with E-state index in [0.717, 1.165) is 0 Å². The van der Waals surface area contributed by atoms with Crippen LogP contribution >= 0.6 is 11.6 Å². The van der Waals surface area contributed by atoms with Crippen LogP contribution in [0.3, 0.4) is 0 Å². The van der Waals surface area contributed by atoms with E-state index < -0.39 is 23.8 Å². The molecule has 1 aromatic rings. The topological polar surface area (TPSA) is 122 Å². The molecule has 0 radical (unpaired) electrons. The van der Waals surface area contributed by atoms with Crippen molar-refractivity contribution >= 4 is 29.4 Å². The maximum atomic E-state index is 11.8. The monoisotopic (exact) mass is 285 g/mol. The van der Waals surface area contributed by atoms with E-state index in [0.29, 0.717) is 0 Å². The van der Waals surface area contributed by atoms with Gasteiger partial charge in [-0.05, 0) is 12.5 Å². The maximum absolute atomic E-state index is 11.8. The average molecular weight is 286 g/mol. The summed E-state index contributed by atoms with van der Waals surface area (Å²) in [6, 6.07) is 0.161. The van der Waals surface area contributed by atoms with Crippen LogP contribution in [0.5, 0.6) is 0 Å². The number of rotatable bonds is 6. The highest BCUT2D eigenvalue weighted by Crippen LogP contribution is 2.13. The van der Waals surface area contributed by atoms with Crippen molar-refractivity contribution in [3.63, 3.8) is 0 Å². The van der Waals surface area contributed by atoms with Gasteiger partial charge >= 0.3 is 5.97 Å². The number of carbonyl (C=O) groups is 3. The van der Waals surface area contributed by atoms with Gasteiger partial charge in [-0.2, -0.15) is 0 Å². The zero-order valence-electron chi connectivity index (χ0n) is 9.80. The Bertz CT molecular complexity index is 506. The molecule has 2 amide bonds. The minimum absolute atomic E-state index is 0.0842. The predicted octanol–water partition coefficient (Wildman–Crippen LogP) is 0.183. The lowest BCUT2D eigenvalue weighted by Gasteiger charge is -2.14. The third kappa shape index (κ3) is 4.55. The first-order valence-corrected chi connectivity index (χ1v) is 5.71. The summed E-state index contributed by atoms with van der Waals surface area (Å²) in [4.78, 5) is 37.1. The van der Waals surface area contributed by atoms with Gasteiger partial charge in [-0.3, -0.25) is 14.6 Å². The number of halogens is 1. The molecule has 0 aliphatic heterocycles. The normalized spacial score (nSPS) is 11.6. The van der Waals surface area contributed by atoms with E-state index in [1.165, 1.54) is 18.5 Å². The Balaban J connectivity index is 2.74. The van der Waals surface area contributed by atoms with Gasteiger partial charge in [0.2, 0.25) is 5.91 Å². The van der Waals surface area contributed by atoms with E-state index in [1.807, 2.05) is 0 Å². The van der Waals surface area contributed by atoms with Crippen LogP contribution in [-0.4, -0.2) is 33.9 Å². The molecule has 1 rings (SSSR count). The smallest absolute Gasteiger partial charge is 0.326 e. The number of carbonyl (C=O) groups excluding carboxylic acids is 2. The summed E-state index contributed by atoms with van der Waals surface area (Å²) in [6.07, 6.45) is 2.41. The lowest BCUT2D eigenvalue weighted by Crippen LogP contribution is -2.41. The predicted molar refractivity (Wildman–Crippen MR) is 66.6 cm³/mol. The van der Waals surface area contributed by atoms with E-state index in [9.17, 15) is 14.4 Å². The fourth-order valence-corrected chi connectivity index (χ4v) is 1.54. The number of primary amides is 1. The van der Waals surface area contributed by atoms with Gasteiger partial charge < -0.3 is 16.2 Å². The van der Waals surface area contributed by atoms with Crippen molar-refractivity contribution in [2.24, 2.45) is 5.73 Å².